The number of nitrogens with two attached hydrogens (primary N) is 1. The quantitative estimate of drug-likeness (QED) is 0.839. The zero-order valence-electron chi connectivity index (χ0n) is 9.39. The molecule has 2 aromatic heterocycles. The number of nitrogen functional groups attached to an aromatic ring is 1. The van der Waals surface area contributed by atoms with E-state index >= 15 is 0 Å². The Morgan fingerprint density at radius 2 is 2.24 bits per heavy atom. The molecule has 6 nitrogen and oxygen atoms in total. The molecular weight excluding hydrogens is 220 g/mol. The SMILES string of the molecule is COc1nc(N)nc(-c2cc(C)co2)c1C#N. The van der Waals surface area contributed by atoms with Crippen LogP contribution < -0.4 is 10.5 Å². The normalized spacial score (nSPS) is 9.94. The molecule has 0 saturated carbocycles. The molecular formula is C11H10N4O2. The summed E-state index contributed by atoms with van der Waals surface area (Å²) in [4.78, 5) is 7.84. The predicted octanol–water partition coefficient (Wildman–Crippen LogP) is 1.51. The van der Waals surface area contributed by atoms with E-state index in [2.05, 4.69) is 9.97 Å². The maximum absolute atomic E-state index is 9.10. The van der Waals surface area contributed by atoms with Crippen LogP contribution in [0.2, 0.25) is 0 Å². The number of aromatic nitrogens is 2. The van der Waals surface area contributed by atoms with Crippen LogP contribution in [0.3, 0.4) is 0 Å². The third-order valence-electron chi connectivity index (χ3n) is 2.16. The highest BCUT2D eigenvalue weighted by Crippen LogP contribution is 2.28. The number of nitriles is 1. The second-order valence-electron chi connectivity index (χ2n) is 3.41. The molecule has 0 spiro atoms. The maximum atomic E-state index is 9.10. The third-order valence-corrected chi connectivity index (χ3v) is 2.16. The molecule has 0 aromatic carbocycles. The number of methoxy groups -OCH3 is 1. The third kappa shape index (κ3) is 1.90. The number of furan rings is 1. The van der Waals surface area contributed by atoms with Crippen LogP contribution in [0.5, 0.6) is 5.88 Å². The van der Waals surface area contributed by atoms with Crippen molar-refractivity contribution in [3.05, 3.63) is 23.5 Å². The number of ether oxygens (including phenoxy) is 1. The first-order valence-electron chi connectivity index (χ1n) is 4.82. The average Bonchev–Trinajstić information content (AvgIpc) is 2.74. The van der Waals surface area contributed by atoms with Crippen LogP contribution >= 0.6 is 0 Å². The minimum atomic E-state index is 0.0323. The molecule has 0 amide bonds. The van der Waals surface area contributed by atoms with Gasteiger partial charge in [-0.1, -0.05) is 0 Å². The van der Waals surface area contributed by atoms with Gasteiger partial charge in [0, 0.05) is 0 Å². The second-order valence-corrected chi connectivity index (χ2v) is 3.41. The summed E-state index contributed by atoms with van der Waals surface area (Å²) in [5.74, 6) is 0.639. The molecule has 6 heteroatoms. The highest BCUT2D eigenvalue weighted by Gasteiger charge is 2.17. The van der Waals surface area contributed by atoms with Gasteiger partial charge in [-0.15, -0.1) is 0 Å². The van der Waals surface area contributed by atoms with Gasteiger partial charge in [-0.25, -0.2) is 4.98 Å². The summed E-state index contributed by atoms with van der Waals surface area (Å²) < 4.78 is 10.3. The number of nitrogens with zero attached hydrogens (tertiary/aromatic N) is 3. The van der Waals surface area contributed by atoms with E-state index in [9.17, 15) is 0 Å². The average molecular weight is 230 g/mol. The van der Waals surface area contributed by atoms with Gasteiger partial charge in [-0.05, 0) is 18.6 Å². The van der Waals surface area contributed by atoms with Gasteiger partial charge >= 0.3 is 0 Å². The van der Waals surface area contributed by atoms with Crippen LogP contribution in [0.25, 0.3) is 11.5 Å². The fraction of sp³-hybridized carbons (Fsp3) is 0.182. The van der Waals surface area contributed by atoms with Crippen molar-refractivity contribution in [3.63, 3.8) is 0 Å². The van der Waals surface area contributed by atoms with Crippen LogP contribution in [0.1, 0.15) is 11.1 Å². The molecule has 0 aliphatic rings. The lowest BCUT2D eigenvalue weighted by Crippen LogP contribution is -2.02. The van der Waals surface area contributed by atoms with E-state index in [4.69, 9.17) is 20.1 Å². The Hall–Kier alpha value is -2.55. The summed E-state index contributed by atoms with van der Waals surface area (Å²) in [5, 5.41) is 9.10. The molecule has 17 heavy (non-hydrogen) atoms. The fourth-order valence-electron chi connectivity index (χ4n) is 1.44. The van der Waals surface area contributed by atoms with Gasteiger partial charge < -0.3 is 14.9 Å². The molecule has 0 saturated heterocycles. The van der Waals surface area contributed by atoms with Crippen molar-refractivity contribution in [1.29, 1.82) is 5.26 Å². The topological polar surface area (TPSA) is 98.0 Å². The zero-order chi connectivity index (χ0) is 12.4. The van der Waals surface area contributed by atoms with Crippen molar-refractivity contribution >= 4 is 5.95 Å². The standard InChI is InChI=1S/C11H10N4O2/c1-6-3-8(17-5-6)9-7(4-12)10(16-2)15-11(13)14-9/h3,5H,1-2H3,(H2,13,14,15). The van der Waals surface area contributed by atoms with Crippen LogP contribution in [-0.4, -0.2) is 17.1 Å². The smallest absolute Gasteiger partial charge is 0.237 e. The Morgan fingerprint density at radius 1 is 1.47 bits per heavy atom. The van der Waals surface area contributed by atoms with Gasteiger partial charge in [-0.2, -0.15) is 10.2 Å². The van der Waals surface area contributed by atoms with E-state index < -0.39 is 0 Å². The highest BCUT2D eigenvalue weighted by molar-refractivity contribution is 5.66. The molecule has 2 rings (SSSR count). The monoisotopic (exact) mass is 230 g/mol. The van der Waals surface area contributed by atoms with Crippen LogP contribution in [0.15, 0.2) is 16.7 Å². The predicted molar refractivity (Wildman–Crippen MR) is 60.2 cm³/mol. The first-order valence-corrected chi connectivity index (χ1v) is 4.82. The van der Waals surface area contributed by atoms with Crippen molar-refractivity contribution in [2.24, 2.45) is 0 Å². The van der Waals surface area contributed by atoms with Crippen molar-refractivity contribution < 1.29 is 9.15 Å². The Bertz CT molecular complexity index is 598. The molecule has 2 heterocycles. The van der Waals surface area contributed by atoms with Crippen LogP contribution in [0, 0.1) is 18.3 Å². The Balaban J connectivity index is 2.68. The van der Waals surface area contributed by atoms with Gasteiger partial charge in [0.05, 0.1) is 13.4 Å². The molecule has 0 atom stereocenters. The minimum absolute atomic E-state index is 0.0323. The Kier molecular flexibility index (Phi) is 2.66. The molecule has 0 radical (unpaired) electrons. The minimum Gasteiger partial charge on any atom is -0.480 e. The number of anilines is 1. The molecule has 0 aliphatic carbocycles. The number of aryl methyl sites for hydroxylation is 1. The van der Waals surface area contributed by atoms with Crippen molar-refractivity contribution in [3.8, 4) is 23.4 Å². The highest BCUT2D eigenvalue weighted by atomic mass is 16.5. The lowest BCUT2D eigenvalue weighted by molar-refractivity contribution is 0.396. The number of rotatable bonds is 2. The summed E-state index contributed by atoms with van der Waals surface area (Å²) in [6.07, 6.45) is 1.57. The van der Waals surface area contributed by atoms with Gasteiger partial charge in [0.2, 0.25) is 11.8 Å². The van der Waals surface area contributed by atoms with Crippen molar-refractivity contribution in [2.75, 3.05) is 12.8 Å². The number of hydrogen-bond donors (Lipinski definition) is 1. The van der Waals surface area contributed by atoms with Gasteiger partial charge in [0.25, 0.3) is 0 Å². The molecule has 0 fully saturated rings. The van der Waals surface area contributed by atoms with Crippen LogP contribution in [-0.2, 0) is 0 Å². The van der Waals surface area contributed by atoms with Gasteiger partial charge in [-0.3, -0.25) is 0 Å². The zero-order valence-corrected chi connectivity index (χ0v) is 9.39. The fourth-order valence-corrected chi connectivity index (χ4v) is 1.44. The van der Waals surface area contributed by atoms with E-state index in [1.807, 2.05) is 13.0 Å². The summed E-state index contributed by atoms with van der Waals surface area (Å²) in [6.45, 7) is 1.88. The number of hydrogen-bond acceptors (Lipinski definition) is 6. The Morgan fingerprint density at radius 3 is 2.76 bits per heavy atom. The molecule has 0 aliphatic heterocycles. The Labute approximate surface area is 97.7 Å². The molecule has 2 aromatic rings. The summed E-state index contributed by atoms with van der Waals surface area (Å²) in [5.41, 5.74) is 7.02. The molecule has 86 valence electrons. The molecule has 2 N–H and O–H groups in total. The second kappa shape index (κ2) is 4.14. The van der Waals surface area contributed by atoms with Crippen molar-refractivity contribution in [1.82, 2.24) is 9.97 Å². The van der Waals surface area contributed by atoms with E-state index in [-0.39, 0.29) is 17.4 Å². The molecule has 0 bridgehead atoms. The summed E-state index contributed by atoms with van der Waals surface area (Å²) >= 11 is 0. The van der Waals surface area contributed by atoms with E-state index in [1.54, 1.807) is 12.3 Å². The van der Waals surface area contributed by atoms with Crippen LogP contribution in [0.4, 0.5) is 5.95 Å². The first-order chi connectivity index (χ1) is 8.15. The van der Waals surface area contributed by atoms with Gasteiger partial charge in [0.1, 0.15) is 17.3 Å². The summed E-state index contributed by atoms with van der Waals surface area (Å²) in [6, 6.07) is 3.75. The largest absolute Gasteiger partial charge is 0.480 e. The van der Waals surface area contributed by atoms with E-state index in [0.29, 0.717) is 11.5 Å². The van der Waals surface area contributed by atoms with E-state index in [0.717, 1.165) is 5.56 Å². The van der Waals surface area contributed by atoms with Gasteiger partial charge in [0.15, 0.2) is 5.76 Å². The lowest BCUT2D eigenvalue weighted by Gasteiger charge is -2.05. The molecule has 0 unspecified atom stereocenters. The van der Waals surface area contributed by atoms with Crippen molar-refractivity contribution in [2.45, 2.75) is 6.92 Å². The summed E-state index contributed by atoms with van der Waals surface area (Å²) in [7, 11) is 1.42. The first kappa shape index (κ1) is 11.0. The lowest BCUT2D eigenvalue weighted by atomic mass is 10.2. The van der Waals surface area contributed by atoms with E-state index in [1.165, 1.54) is 7.11 Å². The maximum Gasteiger partial charge on any atom is 0.237 e.